The molecule has 1 fully saturated rings. The lowest BCUT2D eigenvalue weighted by Crippen LogP contribution is -2.38. The highest BCUT2D eigenvalue weighted by atomic mass is 127. The number of aliphatic imine (C=N–C) groups is 1. The molecule has 7 heteroatoms. The SMILES string of the molecule is CCNC(=NCc1cccs1)NCCCOCC1CCOC1.I. The van der Waals surface area contributed by atoms with Crippen LogP contribution in [-0.2, 0) is 16.0 Å². The van der Waals surface area contributed by atoms with Gasteiger partial charge in [-0.15, -0.1) is 35.3 Å². The third-order valence-corrected chi connectivity index (χ3v) is 4.31. The quantitative estimate of drug-likeness (QED) is 0.261. The number of hydrogen-bond acceptors (Lipinski definition) is 4. The number of nitrogens with zero attached hydrogens (tertiary/aromatic N) is 1. The lowest BCUT2D eigenvalue weighted by molar-refractivity contribution is 0.0888. The minimum Gasteiger partial charge on any atom is -0.381 e. The van der Waals surface area contributed by atoms with Crippen molar-refractivity contribution in [3.05, 3.63) is 22.4 Å². The molecule has 1 aliphatic heterocycles. The zero-order valence-corrected chi connectivity index (χ0v) is 16.9. The summed E-state index contributed by atoms with van der Waals surface area (Å²) in [6, 6.07) is 4.17. The molecule has 1 saturated heterocycles. The molecule has 1 aliphatic rings. The monoisotopic (exact) mass is 453 g/mol. The molecule has 0 bridgehead atoms. The van der Waals surface area contributed by atoms with Crippen LogP contribution in [0.5, 0.6) is 0 Å². The minimum atomic E-state index is 0. The fraction of sp³-hybridized carbons (Fsp3) is 0.688. The molecule has 23 heavy (non-hydrogen) atoms. The van der Waals surface area contributed by atoms with E-state index in [0.717, 1.165) is 64.9 Å². The Balaban J connectivity index is 0.00000264. The first-order chi connectivity index (χ1) is 10.9. The topological polar surface area (TPSA) is 54.9 Å². The standard InChI is InChI=1S/C16H27N3O2S.HI/c1-2-17-16(19-11-15-5-3-10-22-15)18-7-4-8-20-12-14-6-9-21-13-14;/h3,5,10,14H,2,4,6-9,11-13H2,1H3,(H2,17,18,19);1H. The molecule has 2 rings (SSSR count). The summed E-state index contributed by atoms with van der Waals surface area (Å²) in [7, 11) is 0. The third kappa shape index (κ3) is 8.88. The first-order valence-corrected chi connectivity index (χ1v) is 8.96. The number of guanidine groups is 1. The fourth-order valence-corrected chi connectivity index (χ4v) is 2.88. The predicted octanol–water partition coefficient (Wildman–Crippen LogP) is 2.86. The molecule has 2 N–H and O–H groups in total. The zero-order chi connectivity index (χ0) is 15.5. The summed E-state index contributed by atoms with van der Waals surface area (Å²) in [6.45, 7) is 7.91. The van der Waals surface area contributed by atoms with E-state index in [-0.39, 0.29) is 24.0 Å². The second-order valence-electron chi connectivity index (χ2n) is 5.36. The molecule has 0 radical (unpaired) electrons. The summed E-state index contributed by atoms with van der Waals surface area (Å²) in [4.78, 5) is 5.86. The molecule has 1 aromatic heterocycles. The highest BCUT2D eigenvalue weighted by Crippen LogP contribution is 2.12. The number of halogens is 1. The van der Waals surface area contributed by atoms with Crippen LogP contribution in [0, 0.1) is 5.92 Å². The summed E-state index contributed by atoms with van der Waals surface area (Å²) < 4.78 is 11.0. The van der Waals surface area contributed by atoms with Gasteiger partial charge >= 0.3 is 0 Å². The van der Waals surface area contributed by atoms with Gasteiger partial charge in [0, 0.05) is 37.1 Å². The van der Waals surface area contributed by atoms with E-state index in [1.807, 2.05) is 0 Å². The van der Waals surface area contributed by atoms with Gasteiger partial charge in [-0.1, -0.05) is 6.07 Å². The number of rotatable bonds is 9. The van der Waals surface area contributed by atoms with Crippen molar-refractivity contribution < 1.29 is 9.47 Å². The van der Waals surface area contributed by atoms with Gasteiger partial charge in [-0.2, -0.15) is 0 Å². The van der Waals surface area contributed by atoms with Crippen molar-refractivity contribution in [3.8, 4) is 0 Å². The van der Waals surface area contributed by atoms with Crippen molar-refractivity contribution in [3.63, 3.8) is 0 Å². The van der Waals surface area contributed by atoms with Crippen LogP contribution in [0.2, 0.25) is 0 Å². The van der Waals surface area contributed by atoms with E-state index in [1.54, 1.807) is 11.3 Å². The van der Waals surface area contributed by atoms with Crippen LogP contribution in [0.4, 0.5) is 0 Å². The van der Waals surface area contributed by atoms with Crippen molar-refractivity contribution in [1.29, 1.82) is 0 Å². The van der Waals surface area contributed by atoms with Crippen LogP contribution in [-0.4, -0.2) is 45.5 Å². The average molecular weight is 453 g/mol. The lowest BCUT2D eigenvalue weighted by Gasteiger charge is -2.12. The van der Waals surface area contributed by atoms with Gasteiger partial charge in [0.1, 0.15) is 0 Å². The van der Waals surface area contributed by atoms with Crippen molar-refractivity contribution >= 4 is 41.3 Å². The van der Waals surface area contributed by atoms with Crippen molar-refractivity contribution in [2.75, 3.05) is 39.5 Å². The van der Waals surface area contributed by atoms with E-state index >= 15 is 0 Å². The van der Waals surface area contributed by atoms with Gasteiger partial charge in [0.2, 0.25) is 0 Å². The Morgan fingerprint density at radius 2 is 2.39 bits per heavy atom. The highest BCUT2D eigenvalue weighted by Gasteiger charge is 2.15. The molecule has 1 aromatic rings. The highest BCUT2D eigenvalue weighted by molar-refractivity contribution is 14.0. The first kappa shape index (κ1) is 20.7. The summed E-state index contributed by atoms with van der Waals surface area (Å²) in [5.74, 6) is 1.47. The Kier molecular flexibility index (Phi) is 11.7. The van der Waals surface area contributed by atoms with Crippen molar-refractivity contribution in [2.24, 2.45) is 10.9 Å². The van der Waals surface area contributed by atoms with Crippen LogP contribution >= 0.6 is 35.3 Å². The molecule has 132 valence electrons. The third-order valence-electron chi connectivity index (χ3n) is 3.45. The van der Waals surface area contributed by atoms with Crippen LogP contribution < -0.4 is 10.6 Å². The second kappa shape index (κ2) is 13.0. The van der Waals surface area contributed by atoms with E-state index in [9.17, 15) is 0 Å². The maximum atomic E-state index is 5.70. The number of ether oxygens (including phenoxy) is 2. The Hall–Kier alpha value is -0.380. The van der Waals surface area contributed by atoms with Gasteiger partial charge in [0.15, 0.2) is 5.96 Å². The normalized spacial score (nSPS) is 17.8. The fourth-order valence-electron chi connectivity index (χ4n) is 2.25. The van der Waals surface area contributed by atoms with E-state index in [1.165, 1.54) is 4.88 Å². The maximum absolute atomic E-state index is 5.70. The van der Waals surface area contributed by atoms with Crippen LogP contribution in [0.3, 0.4) is 0 Å². The maximum Gasteiger partial charge on any atom is 0.191 e. The molecule has 0 amide bonds. The minimum absolute atomic E-state index is 0. The van der Waals surface area contributed by atoms with Crippen molar-refractivity contribution in [2.45, 2.75) is 26.3 Å². The predicted molar refractivity (Wildman–Crippen MR) is 107 cm³/mol. The lowest BCUT2D eigenvalue weighted by atomic mass is 10.1. The molecular formula is C16H28IN3O2S. The number of nitrogens with one attached hydrogen (secondary N) is 2. The molecule has 1 atom stereocenters. The van der Waals surface area contributed by atoms with Gasteiger partial charge in [-0.3, -0.25) is 0 Å². The Labute approximate surface area is 160 Å². The molecule has 0 saturated carbocycles. The molecule has 1 unspecified atom stereocenters. The molecular weight excluding hydrogens is 425 g/mol. The average Bonchev–Trinajstić information content (AvgIpc) is 3.21. The zero-order valence-electron chi connectivity index (χ0n) is 13.8. The molecule has 5 nitrogen and oxygen atoms in total. The number of thiophene rings is 1. The molecule has 0 spiro atoms. The van der Waals surface area contributed by atoms with Crippen LogP contribution in [0.1, 0.15) is 24.6 Å². The first-order valence-electron chi connectivity index (χ1n) is 8.08. The van der Waals surface area contributed by atoms with E-state index in [0.29, 0.717) is 5.92 Å². The summed E-state index contributed by atoms with van der Waals surface area (Å²) in [5.41, 5.74) is 0. The second-order valence-corrected chi connectivity index (χ2v) is 6.39. The van der Waals surface area contributed by atoms with Crippen LogP contribution in [0.15, 0.2) is 22.5 Å². The Morgan fingerprint density at radius 1 is 1.48 bits per heavy atom. The molecule has 0 aromatic carbocycles. The summed E-state index contributed by atoms with van der Waals surface area (Å²) in [6.07, 6.45) is 2.12. The van der Waals surface area contributed by atoms with Gasteiger partial charge in [0.05, 0.1) is 19.8 Å². The van der Waals surface area contributed by atoms with Gasteiger partial charge in [-0.25, -0.2) is 4.99 Å². The summed E-state index contributed by atoms with van der Waals surface area (Å²) in [5, 5.41) is 8.70. The van der Waals surface area contributed by atoms with Crippen LogP contribution in [0.25, 0.3) is 0 Å². The largest absolute Gasteiger partial charge is 0.381 e. The van der Waals surface area contributed by atoms with E-state index < -0.39 is 0 Å². The Bertz CT molecular complexity index is 423. The smallest absolute Gasteiger partial charge is 0.191 e. The number of hydrogen-bond donors (Lipinski definition) is 2. The van der Waals surface area contributed by atoms with Gasteiger partial charge in [-0.05, 0) is 31.2 Å². The van der Waals surface area contributed by atoms with E-state index in [4.69, 9.17) is 9.47 Å². The van der Waals surface area contributed by atoms with Gasteiger partial charge < -0.3 is 20.1 Å². The van der Waals surface area contributed by atoms with Gasteiger partial charge in [0.25, 0.3) is 0 Å². The molecule has 2 heterocycles. The van der Waals surface area contributed by atoms with Crippen molar-refractivity contribution in [1.82, 2.24) is 10.6 Å². The summed E-state index contributed by atoms with van der Waals surface area (Å²) >= 11 is 1.74. The Morgan fingerprint density at radius 3 is 3.09 bits per heavy atom. The molecule has 0 aliphatic carbocycles. The van der Waals surface area contributed by atoms with E-state index in [2.05, 4.69) is 40.1 Å².